The maximum Gasteiger partial charge on any atom is 0.237 e. The number of hydrogen-bond acceptors (Lipinski definition) is 4. The van der Waals surface area contributed by atoms with Crippen LogP contribution in [0.15, 0.2) is 0 Å². The van der Waals surface area contributed by atoms with Gasteiger partial charge in [0.1, 0.15) is 0 Å². The quantitative estimate of drug-likeness (QED) is 0.645. The molecule has 2 atom stereocenters. The van der Waals surface area contributed by atoms with E-state index in [0.717, 1.165) is 45.3 Å². The minimum Gasteiger partial charge on any atom is -0.369 e. The summed E-state index contributed by atoms with van der Waals surface area (Å²) in [7, 11) is 0. The molecule has 0 aromatic rings. The number of piperidine rings is 2. The van der Waals surface area contributed by atoms with Gasteiger partial charge in [0.05, 0.1) is 12.6 Å². The van der Waals surface area contributed by atoms with Crippen LogP contribution < -0.4 is 16.4 Å². The van der Waals surface area contributed by atoms with Gasteiger partial charge < -0.3 is 16.4 Å². The molecule has 4 N–H and O–H groups in total. The van der Waals surface area contributed by atoms with E-state index >= 15 is 0 Å². The Hall–Kier alpha value is -1.14. The number of nitrogens with zero attached hydrogens (tertiary/aromatic N) is 1. The van der Waals surface area contributed by atoms with Crippen LogP contribution in [-0.2, 0) is 9.59 Å². The monoisotopic (exact) mass is 282 g/mol. The van der Waals surface area contributed by atoms with Gasteiger partial charge >= 0.3 is 0 Å². The molecule has 2 aliphatic heterocycles. The van der Waals surface area contributed by atoms with Gasteiger partial charge in [-0.25, -0.2) is 0 Å². The third-order valence-corrected chi connectivity index (χ3v) is 4.37. The van der Waals surface area contributed by atoms with Crippen LogP contribution in [0, 0.1) is 5.92 Å². The first kappa shape index (κ1) is 15.3. The summed E-state index contributed by atoms with van der Waals surface area (Å²) in [6.07, 6.45) is 4.04. The van der Waals surface area contributed by atoms with Crippen molar-refractivity contribution in [3.05, 3.63) is 0 Å². The molecule has 0 bridgehead atoms. The standard InChI is InChI=1S/C14H26N4O2/c1-10-3-2-6-16-13(10)14(20)17-11-4-7-18(8-5-11)9-12(15)19/h10-11,13,16H,2-9H2,1H3,(H2,15,19)(H,17,20). The lowest BCUT2D eigenvalue weighted by molar-refractivity contribution is -0.126. The third kappa shape index (κ3) is 4.18. The molecule has 2 unspecified atom stereocenters. The molecule has 6 nitrogen and oxygen atoms in total. The highest BCUT2D eigenvalue weighted by molar-refractivity contribution is 5.82. The van der Waals surface area contributed by atoms with E-state index in [4.69, 9.17) is 5.73 Å². The number of amides is 2. The molecule has 2 rings (SSSR count). The third-order valence-electron chi connectivity index (χ3n) is 4.37. The Labute approximate surface area is 120 Å². The number of likely N-dealkylation sites (tertiary alicyclic amines) is 1. The van der Waals surface area contributed by atoms with Crippen molar-refractivity contribution in [2.24, 2.45) is 11.7 Å². The largest absolute Gasteiger partial charge is 0.369 e. The van der Waals surface area contributed by atoms with E-state index in [0.29, 0.717) is 12.5 Å². The number of carbonyl (C=O) groups excluding carboxylic acids is 2. The van der Waals surface area contributed by atoms with Crippen molar-refractivity contribution in [2.75, 3.05) is 26.2 Å². The van der Waals surface area contributed by atoms with Gasteiger partial charge in [-0.15, -0.1) is 0 Å². The second kappa shape index (κ2) is 7.04. The smallest absolute Gasteiger partial charge is 0.237 e. The van der Waals surface area contributed by atoms with E-state index in [1.54, 1.807) is 0 Å². The van der Waals surface area contributed by atoms with E-state index in [1.807, 2.05) is 4.90 Å². The van der Waals surface area contributed by atoms with Crippen LogP contribution >= 0.6 is 0 Å². The summed E-state index contributed by atoms with van der Waals surface area (Å²) < 4.78 is 0. The molecule has 2 heterocycles. The zero-order valence-electron chi connectivity index (χ0n) is 12.2. The lowest BCUT2D eigenvalue weighted by Gasteiger charge is -2.34. The number of primary amides is 1. The molecule has 2 fully saturated rings. The van der Waals surface area contributed by atoms with Gasteiger partial charge in [-0.2, -0.15) is 0 Å². The zero-order valence-corrected chi connectivity index (χ0v) is 12.2. The first-order chi connectivity index (χ1) is 9.56. The van der Waals surface area contributed by atoms with Gasteiger partial charge in [-0.05, 0) is 38.1 Å². The Kier molecular flexibility index (Phi) is 5.37. The second-order valence-corrected chi connectivity index (χ2v) is 6.08. The van der Waals surface area contributed by atoms with E-state index in [1.165, 1.54) is 0 Å². The second-order valence-electron chi connectivity index (χ2n) is 6.08. The molecule has 6 heteroatoms. The molecule has 0 aliphatic carbocycles. The Morgan fingerprint density at radius 2 is 2.00 bits per heavy atom. The predicted octanol–water partition coefficient (Wildman–Crippen LogP) is -0.560. The van der Waals surface area contributed by atoms with Gasteiger partial charge in [0.25, 0.3) is 0 Å². The maximum absolute atomic E-state index is 12.3. The molecule has 0 saturated carbocycles. The summed E-state index contributed by atoms with van der Waals surface area (Å²) in [4.78, 5) is 25.2. The summed E-state index contributed by atoms with van der Waals surface area (Å²) in [5.41, 5.74) is 5.19. The topological polar surface area (TPSA) is 87.5 Å². The minimum atomic E-state index is -0.285. The first-order valence-electron chi connectivity index (χ1n) is 7.60. The molecule has 2 aliphatic rings. The molecule has 0 aromatic carbocycles. The molecule has 20 heavy (non-hydrogen) atoms. The van der Waals surface area contributed by atoms with Gasteiger partial charge in [-0.1, -0.05) is 6.92 Å². The Balaban J connectivity index is 1.74. The molecule has 0 radical (unpaired) electrons. The molecular weight excluding hydrogens is 256 g/mol. The molecule has 2 saturated heterocycles. The highest BCUT2D eigenvalue weighted by Gasteiger charge is 2.29. The van der Waals surface area contributed by atoms with Crippen molar-refractivity contribution in [1.29, 1.82) is 0 Å². The van der Waals surface area contributed by atoms with Crippen LogP contribution in [0.2, 0.25) is 0 Å². The van der Waals surface area contributed by atoms with Crippen molar-refractivity contribution in [1.82, 2.24) is 15.5 Å². The molecular formula is C14H26N4O2. The van der Waals surface area contributed by atoms with Crippen molar-refractivity contribution in [2.45, 2.75) is 44.7 Å². The predicted molar refractivity (Wildman–Crippen MR) is 77.0 cm³/mol. The fourth-order valence-corrected chi connectivity index (χ4v) is 3.15. The highest BCUT2D eigenvalue weighted by Crippen LogP contribution is 2.17. The Morgan fingerprint density at radius 1 is 1.30 bits per heavy atom. The van der Waals surface area contributed by atoms with E-state index < -0.39 is 0 Å². The first-order valence-corrected chi connectivity index (χ1v) is 7.60. The van der Waals surface area contributed by atoms with Gasteiger partial charge in [-0.3, -0.25) is 14.5 Å². The van der Waals surface area contributed by atoms with Crippen LogP contribution in [0.4, 0.5) is 0 Å². The summed E-state index contributed by atoms with van der Waals surface area (Å²) in [5.74, 6) is 0.247. The average molecular weight is 282 g/mol. The SMILES string of the molecule is CC1CCCNC1C(=O)NC1CCN(CC(N)=O)CC1. The van der Waals surface area contributed by atoms with Crippen LogP contribution in [0.3, 0.4) is 0 Å². The summed E-state index contributed by atoms with van der Waals surface area (Å²) >= 11 is 0. The van der Waals surface area contributed by atoms with Gasteiger partial charge in [0, 0.05) is 19.1 Å². The average Bonchev–Trinajstić information content (AvgIpc) is 2.41. The fourth-order valence-electron chi connectivity index (χ4n) is 3.15. The Bertz CT molecular complexity index is 353. The number of nitrogens with one attached hydrogen (secondary N) is 2. The molecule has 0 aromatic heterocycles. The minimum absolute atomic E-state index is 0.0487. The van der Waals surface area contributed by atoms with Gasteiger partial charge in [0.2, 0.25) is 11.8 Å². The highest BCUT2D eigenvalue weighted by atomic mass is 16.2. The number of carbonyl (C=O) groups is 2. The van der Waals surface area contributed by atoms with Crippen LogP contribution in [0.25, 0.3) is 0 Å². The molecule has 0 spiro atoms. The number of nitrogens with two attached hydrogens (primary N) is 1. The van der Waals surface area contributed by atoms with E-state index in [-0.39, 0.29) is 23.9 Å². The van der Waals surface area contributed by atoms with Crippen molar-refractivity contribution in [3.8, 4) is 0 Å². The fraction of sp³-hybridized carbons (Fsp3) is 0.857. The summed E-state index contributed by atoms with van der Waals surface area (Å²) in [6, 6.07) is 0.176. The van der Waals surface area contributed by atoms with Crippen molar-refractivity contribution >= 4 is 11.8 Å². The van der Waals surface area contributed by atoms with Crippen LogP contribution in [-0.4, -0.2) is 55.0 Å². The maximum atomic E-state index is 12.3. The van der Waals surface area contributed by atoms with Crippen molar-refractivity contribution < 1.29 is 9.59 Å². The Morgan fingerprint density at radius 3 is 2.60 bits per heavy atom. The lowest BCUT2D eigenvalue weighted by atomic mass is 9.91. The van der Waals surface area contributed by atoms with E-state index in [2.05, 4.69) is 17.6 Å². The summed E-state index contributed by atoms with van der Waals surface area (Å²) in [6.45, 7) is 5.02. The summed E-state index contributed by atoms with van der Waals surface area (Å²) in [5, 5.41) is 6.46. The lowest BCUT2D eigenvalue weighted by Crippen LogP contribution is -2.55. The number of hydrogen-bond donors (Lipinski definition) is 3. The van der Waals surface area contributed by atoms with Crippen molar-refractivity contribution in [3.63, 3.8) is 0 Å². The van der Waals surface area contributed by atoms with Gasteiger partial charge in [0.15, 0.2) is 0 Å². The van der Waals surface area contributed by atoms with E-state index in [9.17, 15) is 9.59 Å². The van der Waals surface area contributed by atoms with Crippen LogP contribution in [0.5, 0.6) is 0 Å². The molecule has 114 valence electrons. The molecule has 2 amide bonds. The number of rotatable bonds is 4. The zero-order chi connectivity index (χ0) is 14.5. The van der Waals surface area contributed by atoms with Crippen LogP contribution in [0.1, 0.15) is 32.6 Å². The normalized spacial score (nSPS) is 29.1.